The zero-order chi connectivity index (χ0) is 15.0. The van der Waals surface area contributed by atoms with Crippen molar-refractivity contribution in [3.8, 4) is 0 Å². The number of fused-ring (bicyclic) bond motifs is 1. The molecule has 106 valence electrons. The molecule has 0 aliphatic heterocycles. The van der Waals surface area contributed by atoms with E-state index in [1.54, 1.807) is 18.2 Å². The molecule has 0 unspecified atom stereocenters. The van der Waals surface area contributed by atoms with Crippen molar-refractivity contribution < 1.29 is 4.92 Å². The van der Waals surface area contributed by atoms with E-state index in [1.807, 2.05) is 29.0 Å². The summed E-state index contributed by atoms with van der Waals surface area (Å²) in [5, 5.41) is 13.2. The van der Waals surface area contributed by atoms with Crippen LogP contribution < -0.4 is 0 Å². The number of nitrogens with zero attached hydrogens (tertiary/aromatic N) is 2. The number of nitro benzene ring substituents is 1. The summed E-state index contributed by atoms with van der Waals surface area (Å²) >= 11 is 11.8. The number of benzene rings is 2. The molecule has 0 fully saturated rings. The summed E-state index contributed by atoms with van der Waals surface area (Å²) in [4.78, 5) is 10.7. The minimum atomic E-state index is -0.413. The Morgan fingerprint density at radius 3 is 2.52 bits per heavy atom. The molecule has 2 aromatic carbocycles. The zero-order valence-electron chi connectivity index (χ0n) is 10.8. The zero-order valence-corrected chi connectivity index (χ0v) is 12.3. The summed E-state index contributed by atoms with van der Waals surface area (Å²) < 4.78 is 1.95. The molecule has 0 atom stereocenters. The quantitative estimate of drug-likeness (QED) is 0.508. The van der Waals surface area contributed by atoms with Crippen molar-refractivity contribution in [2.24, 2.45) is 0 Å². The highest BCUT2D eigenvalue weighted by Gasteiger charge is 2.15. The Morgan fingerprint density at radius 1 is 1.05 bits per heavy atom. The lowest BCUT2D eigenvalue weighted by Gasteiger charge is -2.07. The Bertz CT molecular complexity index is 843. The summed E-state index contributed by atoms with van der Waals surface area (Å²) in [6.45, 7) is 0.401. The van der Waals surface area contributed by atoms with E-state index in [0.29, 0.717) is 22.2 Å². The molecule has 1 aromatic heterocycles. The van der Waals surface area contributed by atoms with Gasteiger partial charge < -0.3 is 4.57 Å². The number of aromatic nitrogens is 1. The molecular formula is C15H10Cl2N2O2. The maximum absolute atomic E-state index is 11.1. The molecule has 0 saturated heterocycles. The van der Waals surface area contributed by atoms with Crippen molar-refractivity contribution in [2.75, 3.05) is 0 Å². The molecule has 0 amide bonds. The van der Waals surface area contributed by atoms with Gasteiger partial charge in [-0.1, -0.05) is 23.2 Å². The molecule has 0 spiro atoms. The maximum atomic E-state index is 11.1. The van der Waals surface area contributed by atoms with Gasteiger partial charge >= 0.3 is 0 Å². The molecule has 0 aliphatic carbocycles. The highest BCUT2D eigenvalue weighted by atomic mass is 35.5. The second-order valence-corrected chi connectivity index (χ2v) is 5.55. The topological polar surface area (TPSA) is 48.1 Å². The van der Waals surface area contributed by atoms with Crippen LogP contribution in [0.1, 0.15) is 5.56 Å². The average molecular weight is 321 g/mol. The van der Waals surface area contributed by atoms with Crippen LogP contribution in [0, 0.1) is 10.1 Å². The minimum absolute atomic E-state index is 0.0262. The first-order valence-corrected chi connectivity index (χ1v) is 6.97. The first-order valence-electron chi connectivity index (χ1n) is 6.22. The van der Waals surface area contributed by atoms with Gasteiger partial charge in [-0.25, -0.2) is 0 Å². The number of halogens is 2. The van der Waals surface area contributed by atoms with Gasteiger partial charge in [0.2, 0.25) is 0 Å². The van der Waals surface area contributed by atoms with Crippen LogP contribution in [0.15, 0.2) is 48.7 Å². The summed E-state index contributed by atoms with van der Waals surface area (Å²) in [6.07, 6.45) is 1.89. The van der Waals surface area contributed by atoms with E-state index in [9.17, 15) is 10.1 Å². The van der Waals surface area contributed by atoms with Gasteiger partial charge in [0.1, 0.15) is 0 Å². The summed E-state index contributed by atoms with van der Waals surface area (Å²) in [7, 11) is 0. The average Bonchev–Trinajstić information content (AvgIpc) is 2.82. The number of hydrogen-bond acceptors (Lipinski definition) is 2. The van der Waals surface area contributed by atoms with Crippen molar-refractivity contribution in [3.63, 3.8) is 0 Å². The Labute approximate surface area is 130 Å². The lowest BCUT2D eigenvalue weighted by atomic mass is 10.1. The molecular weight excluding hydrogens is 311 g/mol. The van der Waals surface area contributed by atoms with Crippen molar-refractivity contribution in [1.82, 2.24) is 4.57 Å². The SMILES string of the molecule is O=[N+]([O-])c1cc(Cl)ccc1Cn1ccc2cc(Cl)ccc21. The molecule has 6 heteroatoms. The van der Waals surface area contributed by atoms with Crippen LogP contribution in [0.3, 0.4) is 0 Å². The smallest absolute Gasteiger partial charge is 0.275 e. The van der Waals surface area contributed by atoms with Gasteiger partial charge in [-0.05, 0) is 36.4 Å². The van der Waals surface area contributed by atoms with Crippen LogP contribution in [-0.2, 0) is 6.54 Å². The van der Waals surface area contributed by atoms with Crippen LogP contribution in [0.5, 0.6) is 0 Å². The summed E-state index contributed by atoms with van der Waals surface area (Å²) in [5.41, 5.74) is 1.61. The van der Waals surface area contributed by atoms with Gasteiger partial charge in [-0.2, -0.15) is 0 Å². The highest BCUT2D eigenvalue weighted by Crippen LogP contribution is 2.26. The molecule has 3 rings (SSSR count). The van der Waals surface area contributed by atoms with Crippen LogP contribution in [0.4, 0.5) is 5.69 Å². The van der Waals surface area contributed by atoms with Crippen molar-refractivity contribution >= 4 is 39.8 Å². The van der Waals surface area contributed by atoms with Gasteiger partial charge in [-0.3, -0.25) is 10.1 Å². The fourth-order valence-corrected chi connectivity index (χ4v) is 2.68. The summed E-state index contributed by atoms with van der Waals surface area (Å²) in [5.74, 6) is 0. The van der Waals surface area contributed by atoms with Crippen molar-refractivity contribution in [1.29, 1.82) is 0 Å². The third-order valence-electron chi connectivity index (χ3n) is 3.32. The maximum Gasteiger partial charge on any atom is 0.275 e. The third kappa shape index (κ3) is 2.73. The number of hydrogen-bond donors (Lipinski definition) is 0. The molecule has 0 aliphatic rings. The normalized spacial score (nSPS) is 11.0. The molecule has 3 aromatic rings. The van der Waals surface area contributed by atoms with Crippen LogP contribution in [-0.4, -0.2) is 9.49 Å². The minimum Gasteiger partial charge on any atom is -0.343 e. The standard InChI is InChI=1S/C15H10Cl2N2O2/c16-12-3-4-14-10(7-12)5-6-18(14)9-11-1-2-13(17)8-15(11)19(20)21/h1-8H,9H2. The Kier molecular flexibility index (Phi) is 3.57. The van der Waals surface area contributed by atoms with Gasteiger partial charge in [-0.15, -0.1) is 0 Å². The Morgan fingerprint density at radius 2 is 1.76 bits per heavy atom. The van der Waals surface area contributed by atoms with Gasteiger partial charge in [0.15, 0.2) is 0 Å². The lowest BCUT2D eigenvalue weighted by molar-refractivity contribution is -0.385. The molecule has 0 N–H and O–H groups in total. The van der Waals surface area contributed by atoms with Gasteiger partial charge in [0.05, 0.1) is 11.5 Å². The molecule has 0 bridgehead atoms. The molecule has 0 radical (unpaired) electrons. The van der Waals surface area contributed by atoms with Gasteiger partial charge in [0.25, 0.3) is 5.69 Å². The van der Waals surface area contributed by atoms with Crippen LogP contribution in [0.25, 0.3) is 10.9 Å². The van der Waals surface area contributed by atoms with E-state index >= 15 is 0 Å². The predicted octanol–water partition coefficient (Wildman–Crippen LogP) is 4.90. The monoisotopic (exact) mass is 320 g/mol. The molecule has 1 heterocycles. The molecule has 21 heavy (non-hydrogen) atoms. The number of nitro groups is 1. The Hall–Kier alpha value is -2.04. The van der Waals surface area contributed by atoms with Crippen molar-refractivity contribution in [3.05, 3.63) is 74.4 Å². The van der Waals surface area contributed by atoms with E-state index in [4.69, 9.17) is 23.2 Å². The summed E-state index contributed by atoms with van der Waals surface area (Å²) in [6, 6.07) is 12.2. The van der Waals surface area contributed by atoms with E-state index in [0.717, 1.165) is 10.9 Å². The van der Waals surface area contributed by atoms with Crippen molar-refractivity contribution in [2.45, 2.75) is 6.54 Å². The molecule has 0 saturated carbocycles. The molecule has 4 nitrogen and oxygen atoms in total. The van der Waals surface area contributed by atoms with E-state index in [-0.39, 0.29) is 5.69 Å². The first-order chi connectivity index (χ1) is 10.0. The fourth-order valence-electron chi connectivity index (χ4n) is 2.33. The second kappa shape index (κ2) is 5.39. The second-order valence-electron chi connectivity index (χ2n) is 4.68. The lowest BCUT2D eigenvalue weighted by Crippen LogP contribution is -2.02. The Balaban J connectivity index is 2.05. The fraction of sp³-hybridized carbons (Fsp3) is 0.0667. The van der Waals surface area contributed by atoms with E-state index < -0.39 is 4.92 Å². The van der Waals surface area contributed by atoms with E-state index in [2.05, 4.69) is 0 Å². The largest absolute Gasteiger partial charge is 0.343 e. The van der Waals surface area contributed by atoms with Crippen LogP contribution in [0.2, 0.25) is 10.0 Å². The number of rotatable bonds is 3. The van der Waals surface area contributed by atoms with E-state index in [1.165, 1.54) is 6.07 Å². The third-order valence-corrected chi connectivity index (χ3v) is 3.79. The highest BCUT2D eigenvalue weighted by molar-refractivity contribution is 6.31. The van der Waals surface area contributed by atoms with Gasteiger partial charge in [0, 0.05) is 38.8 Å². The predicted molar refractivity (Wildman–Crippen MR) is 84.2 cm³/mol. The first kappa shape index (κ1) is 13.9. The van der Waals surface area contributed by atoms with Crippen LogP contribution >= 0.6 is 23.2 Å².